The van der Waals surface area contributed by atoms with Crippen molar-refractivity contribution in [3.8, 4) is 0 Å². The molecule has 0 saturated carbocycles. The zero-order valence-electron chi connectivity index (χ0n) is 9.09. The third-order valence-electron chi connectivity index (χ3n) is 2.21. The molecule has 0 aliphatic carbocycles. The van der Waals surface area contributed by atoms with Gasteiger partial charge in [0.2, 0.25) is 0 Å². The van der Waals surface area contributed by atoms with Gasteiger partial charge in [0.05, 0.1) is 11.4 Å². The molecule has 0 amide bonds. The van der Waals surface area contributed by atoms with E-state index >= 15 is 0 Å². The van der Waals surface area contributed by atoms with Gasteiger partial charge in [0.1, 0.15) is 0 Å². The average Bonchev–Trinajstić information content (AvgIpc) is 2.30. The van der Waals surface area contributed by atoms with Crippen LogP contribution in [0, 0.1) is 6.92 Å². The zero-order valence-corrected chi connectivity index (χ0v) is 9.09. The number of aryl methyl sites for hydroxylation is 1. The van der Waals surface area contributed by atoms with Crippen LogP contribution in [0.15, 0.2) is 58.8 Å². The Balaban J connectivity index is 2.15. The molecule has 0 aliphatic rings. The molecule has 0 saturated heterocycles. The van der Waals surface area contributed by atoms with Crippen LogP contribution in [-0.2, 0) is 0 Å². The van der Waals surface area contributed by atoms with Gasteiger partial charge in [-0.05, 0) is 43.3 Å². The number of nitrogen functional groups attached to an aromatic ring is 1. The highest BCUT2D eigenvalue weighted by Gasteiger charge is 1.90. The Morgan fingerprint density at radius 1 is 0.750 bits per heavy atom. The highest BCUT2D eigenvalue weighted by molar-refractivity contribution is 5.48. The van der Waals surface area contributed by atoms with Crippen molar-refractivity contribution in [3.05, 3.63) is 54.1 Å². The molecule has 0 spiro atoms. The van der Waals surface area contributed by atoms with E-state index in [0.29, 0.717) is 0 Å². The SMILES string of the molecule is Cc1ccc(/N=N/c2ccc(N)cc2)cc1. The minimum Gasteiger partial charge on any atom is -0.399 e. The molecule has 80 valence electrons. The molecule has 0 fully saturated rings. The topological polar surface area (TPSA) is 50.7 Å². The van der Waals surface area contributed by atoms with Crippen LogP contribution in [0.3, 0.4) is 0 Å². The van der Waals surface area contributed by atoms with Gasteiger partial charge in [0.25, 0.3) is 0 Å². The van der Waals surface area contributed by atoms with Gasteiger partial charge < -0.3 is 5.73 Å². The Kier molecular flexibility index (Phi) is 2.96. The maximum atomic E-state index is 5.58. The normalized spacial score (nSPS) is 10.8. The van der Waals surface area contributed by atoms with Gasteiger partial charge in [0.15, 0.2) is 0 Å². The van der Waals surface area contributed by atoms with Gasteiger partial charge in [0, 0.05) is 5.69 Å². The number of anilines is 1. The van der Waals surface area contributed by atoms with Crippen molar-refractivity contribution in [2.24, 2.45) is 10.2 Å². The molecular weight excluding hydrogens is 198 g/mol. The van der Waals surface area contributed by atoms with Gasteiger partial charge in [-0.25, -0.2) is 0 Å². The maximum Gasteiger partial charge on any atom is 0.0858 e. The molecule has 2 rings (SSSR count). The highest BCUT2D eigenvalue weighted by atomic mass is 15.1. The minimum atomic E-state index is 0.731. The Hall–Kier alpha value is -2.16. The van der Waals surface area contributed by atoms with Crippen LogP contribution in [0.1, 0.15) is 5.56 Å². The molecule has 0 bridgehead atoms. The number of nitrogens with zero attached hydrogens (tertiary/aromatic N) is 2. The van der Waals surface area contributed by atoms with E-state index in [-0.39, 0.29) is 0 Å². The number of hydrogen-bond donors (Lipinski definition) is 1. The summed E-state index contributed by atoms with van der Waals surface area (Å²) in [6, 6.07) is 15.2. The van der Waals surface area contributed by atoms with Crippen LogP contribution in [0.4, 0.5) is 17.1 Å². The summed E-state index contributed by atoms with van der Waals surface area (Å²) in [6.45, 7) is 2.04. The minimum absolute atomic E-state index is 0.731. The molecule has 0 aliphatic heterocycles. The zero-order chi connectivity index (χ0) is 11.4. The molecule has 0 aromatic heterocycles. The second kappa shape index (κ2) is 4.57. The van der Waals surface area contributed by atoms with E-state index in [4.69, 9.17) is 5.73 Å². The predicted molar refractivity (Wildman–Crippen MR) is 66.2 cm³/mol. The molecule has 16 heavy (non-hydrogen) atoms. The van der Waals surface area contributed by atoms with E-state index in [2.05, 4.69) is 10.2 Å². The number of benzene rings is 2. The quantitative estimate of drug-likeness (QED) is 0.592. The van der Waals surface area contributed by atoms with E-state index in [1.165, 1.54) is 5.56 Å². The van der Waals surface area contributed by atoms with Gasteiger partial charge >= 0.3 is 0 Å². The molecule has 0 unspecified atom stereocenters. The summed E-state index contributed by atoms with van der Waals surface area (Å²) in [5.41, 5.74) is 9.17. The number of hydrogen-bond acceptors (Lipinski definition) is 3. The van der Waals surface area contributed by atoms with Crippen molar-refractivity contribution in [3.63, 3.8) is 0 Å². The summed E-state index contributed by atoms with van der Waals surface area (Å²) >= 11 is 0. The fourth-order valence-corrected chi connectivity index (χ4v) is 1.27. The summed E-state index contributed by atoms with van der Waals surface area (Å²) < 4.78 is 0. The Morgan fingerprint density at radius 2 is 1.19 bits per heavy atom. The number of nitrogens with two attached hydrogens (primary N) is 1. The second-order valence-corrected chi connectivity index (χ2v) is 3.63. The smallest absolute Gasteiger partial charge is 0.0858 e. The maximum absolute atomic E-state index is 5.58. The van der Waals surface area contributed by atoms with Crippen LogP contribution in [0.5, 0.6) is 0 Å². The highest BCUT2D eigenvalue weighted by Crippen LogP contribution is 2.19. The summed E-state index contributed by atoms with van der Waals surface area (Å²) in [6.07, 6.45) is 0. The number of azo groups is 1. The second-order valence-electron chi connectivity index (χ2n) is 3.63. The van der Waals surface area contributed by atoms with Crippen LogP contribution in [-0.4, -0.2) is 0 Å². The Labute approximate surface area is 94.6 Å². The first-order valence-corrected chi connectivity index (χ1v) is 5.08. The first-order chi connectivity index (χ1) is 7.74. The lowest BCUT2D eigenvalue weighted by Crippen LogP contribution is -1.80. The summed E-state index contributed by atoms with van der Waals surface area (Å²) in [7, 11) is 0. The largest absolute Gasteiger partial charge is 0.399 e. The van der Waals surface area contributed by atoms with Crippen molar-refractivity contribution in [2.75, 3.05) is 5.73 Å². The van der Waals surface area contributed by atoms with Crippen LogP contribution in [0.25, 0.3) is 0 Å². The molecule has 0 radical (unpaired) electrons. The fourth-order valence-electron chi connectivity index (χ4n) is 1.27. The molecule has 0 atom stereocenters. The van der Waals surface area contributed by atoms with Crippen molar-refractivity contribution in [2.45, 2.75) is 6.92 Å². The molecule has 3 heteroatoms. The van der Waals surface area contributed by atoms with Gasteiger partial charge in [-0.15, -0.1) is 0 Å². The van der Waals surface area contributed by atoms with Crippen LogP contribution >= 0.6 is 0 Å². The molecule has 2 aromatic rings. The van der Waals surface area contributed by atoms with Crippen LogP contribution in [0.2, 0.25) is 0 Å². The van der Waals surface area contributed by atoms with Crippen molar-refractivity contribution < 1.29 is 0 Å². The van der Waals surface area contributed by atoms with E-state index in [1.807, 2.05) is 55.5 Å². The lowest BCUT2D eigenvalue weighted by atomic mass is 10.2. The van der Waals surface area contributed by atoms with E-state index in [0.717, 1.165) is 17.1 Å². The van der Waals surface area contributed by atoms with E-state index < -0.39 is 0 Å². The lowest BCUT2D eigenvalue weighted by molar-refractivity contribution is 1.23. The summed E-state index contributed by atoms with van der Waals surface area (Å²) in [4.78, 5) is 0. The fraction of sp³-hybridized carbons (Fsp3) is 0.0769. The molecule has 3 nitrogen and oxygen atoms in total. The molecule has 0 heterocycles. The molecule has 2 N–H and O–H groups in total. The van der Waals surface area contributed by atoms with Crippen LogP contribution < -0.4 is 5.73 Å². The van der Waals surface area contributed by atoms with Gasteiger partial charge in [-0.3, -0.25) is 0 Å². The lowest BCUT2D eigenvalue weighted by Gasteiger charge is -1.95. The monoisotopic (exact) mass is 211 g/mol. The Morgan fingerprint density at radius 3 is 1.69 bits per heavy atom. The molecular formula is C13H13N3. The standard InChI is InChI=1S/C13H13N3/c1-10-2-6-12(7-3-10)15-16-13-8-4-11(14)5-9-13/h2-9H,14H2,1H3/b16-15+. The first kappa shape index (κ1) is 10.4. The first-order valence-electron chi connectivity index (χ1n) is 5.08. The third-order valence-corrected chi connectivity index (χ3v) is 2.21. The summed E-state index contributed by atoms with van der Waals surface area (Å²) in [5, 5.41) is 8.25. The van der Waals surface area contributed by atoms with Crippen molar-refractivity contribution in [1.29, 1.82) is 0 Å². The van der Waals surface area contributed by atoms with E-state index in [9.17, 15) is 0 Å². The van der Waals surface area contributed by atoms with E-state index in [1.54, 1.807) is 0 Å². The Bertz CT molecular complexity index is 436. The van der Waals surface area contributed by atoms with Crippen molar-refractivity contribution in [1.82, 2.24) is 0 Å². The summed E-state index contributed by atoms with van der Waals surface area (Å²) in [5.74, 6) is 0. The molecule has 2 aromatic carbocycles. The van der Waals surface area contributed by atoms with Gasteiger partial charge in [-0.1, -0.05) is 17.7 Å². The predicted octanol–water partition coefficient (Wildman–Crippen LogP) is 3.99. The third kappa shape index (κ3) is 2.67. The van der Waals surface area contributed by atoms with Crippen molar-refractivity contribution >= 4 is 17.1 Å². The van der Waals surface area contributed by atoms with Gasteiger partial charge in [-0.2, -0.15) is 10.2 Å². The number of rotatable bonds is 2. The average molecular weight is 211 g/mol.